The average Bonchev–Trinajstić information content (AvgIpc) is 2.42. The van der Waals surface area contributed by atoms with E-state index in [9.17, 15) is 5.11 Å². The number of benzene rings is 1. The first kappa shape index (κ1) is 16.5. The Hall–Kier alpha value is -0.570. The fourth-order valence-corrected chi connectivity index (χ4v) is 2.54. The fourth-order valence-electron chi connectivity index (χ4n) is 2.28. The fraction of sp³-hybridized carbons (Fsp3) is 0.625. The third-order valence-electron chi connectivity index (χ3n) is 3.41. The van der Waals surface area contributed by atoms with Crippen LogP contribution in [0.3, 0.4) is 0 Å². The summed E-state index contributed by atoms with van der Waals surface area (Å²) in [5.74, 6) is 0. The van der Waals surface area contributed by atoms with Gasteiger partial charge in [-0.2, -0.15) is 0 Å². The molecule has 0 aliphatic rings. The van der Waals surface area contributed by atoms with E-state index in [1.807, 2.05) is 24.3 Å². The highest BCUT2D eigenvalue weighted by molar-refractivity contribution is 6.31. The van der Waals surface area contributed by atoms with E-state index in [1.165, 1.54) is 25.7 Å². The summed E-state index contributed by atoms with van der Waals surface area (Å²) in [6, 6.07) is 8.00. The predicted octanol–water partition coefficient (Wildman–Crippen LogP) is 4.32. The zero-order chi connectivity index (χ0) is 14.1. The first-order valence-corrected chi connectivity index (χ1v) is 7.72. The van der Waals surface area contributed by atoms with Crippen molar-refractivity contribution in [2.75, 3.05) is 6.54 Å². The summed E-state index contributed by atoms with van der Waals surface area (Å²) in [5.41, 5.74) is 0.808. The van der Waals surface area contributed by atoms with Crippen LogP contribution in [0, 0.1) is 0 Å². The van der Waals surface area contributed by atoms with Gasteiger partial charge in [0.2, 0.25) is 0 Å². The topological polar surface area (TPSA) is 32.3 Å². The highest BCUT2D eigenvalue weighted by Crippen LogP contribution is 2.22. The van der Waals surface area contributed by atoms with Gasteiger partial charge in [0.15, 0.2) is 0 Å². The monoisotopic (exact) mass is 283 g/mol. The van der Waals surface area contributed by atoms with Crippen LogP contribution in [-0.4, -0.2) is 17.7 Å². The van der Waals surface area contributed by atoms with Gasteiger partial charge in [0.25, 0.3) is 0 Å². The van der Waals surface area contributed by atoms with Crippen LogP contribution in [0.2, 0.25) is 5.02 Å². The summed E-state index contributed by atoms with van der Waals surface area (Å²) in [6.07, 6.45) is 5.43. The van der Waals surface area contributed by atoms with Crippen LogP contribution in [0.5, 0.6) is 0 Å². The third kappa shape index (κ3) is 5.94. The first-order valence-electron chi connectivity index (χ1n) is 7.34. The maximum atomic E-state index is 10.2. The average molecular weight is 284 g/mol. The third-order valence-corrected chi connectivity index (χ3v) is 3.75. The summed E-state index contributed by atoms with van der Waals surface area (Å²) < 4.78 is 0. The van der Waals surface area contributed by atoms with Gasteiger partial charge < -0.3 is 10.4 Å². The molecule has 108 valence electrons. The molecule has 2 unspecified atom stereocenters. The lowest BCUT2D eigenvalue weighted by Gasteiger charge is -2.21. The second-order valence-corrected chi connectivity index (χ2v) is 5.48. The Bertz CT molecular complexity index is 356. The molecule has 0 spiro atoms. The van der Waals surface area contributed by atoms with Crippen LogP contribution in [0.25, 0.3) is 0 Å². The number of rotatable bonds is 9. The molecule has 0 saturated heterocycles. The highest BCUT2D eigenvalue weighted by atomic mass is 35.5. The molecular weight excluding hydrogens is 258 g/mol. The number of aliphatic hydroxyl groups is 1. The summed E-state index contributed by atoms with van der Waals surface area (Å²) in [7, 11) is 0. The van der Waals surface area contributed by atoms with E-state index in [4.69, 9.17) is 11.6 Å². The van der Waals surface area contributed by atoms with Crippen molar-refractivity contribution in [3.63, 3.8) is 0 Å². The molecule has 0 heterocycles. The van der Waals surface area contributed by atoms with E-state index in [2.05, 4.69) is 19.2 Å². The van der Waals surface area contributed by atoms with Gasteiger partial charge in [-0.25, -0.2) is 0 Å². The number of unbranched alkanes of at least 4 members (excludes halogenated alkanes) is 1. The van der Waals surface area contributed by atoms with Crippen LogP contribution in [-0.2, 0) is 0 Å². The quantitative estimate of drug-likeness (QED) is 0.707. The van der Waals surface area contributed by atoms with Crippen molar-refractivity contribution in [1.29, 1.82) is 0 Å². The van der Waals surface area contributed by atoms with Crippen LogP contribution < -0.4 is 5.32 Å². The van der Waals surface area contributed by atoms with Crippen LogP contribution >= 0.6 is 11.6 Å². The molecular formula is C16H26ClNO. The Morgan fingerprint density at radius 1 is 1.16 bits per heavy atom. The van der Waals surface area contributed by atoms with Gasteiger partial charge in [-0.15, -0.1) is 0 Å². The molecule has 19 heavy (non-hydrogen) atoms. The minimum Gasteiger partial charge on any atom is -0.387 e. The molecule has 1 aromatic carbocycles. The minimum atomic E-state index is -0.533. The van der Waals surface area contributed by atoms with Crippen molar-refractivity contribution in [2.45, 2.75) is 58.1 Å². The van der Waals surface area contributed by atoms with Gasteiger partial charge >= 0.3 is 0 Å². The number of hydrogen-bond acceptors (Lipinski definition) is 2. The van der Waals surface area contributed by atoms with E-state index in [0.29, 0.717) is 17.6 Å². The molecule has 0 saturated carbocycles. The van der Waals surface area contributed by atoms with Crippen LogP contribution in [0.4, 0.5) is 0 Å². The number of hydrogen-bond donors (Lipinski definition) is 2. The summed E-state index contributed by atoms with van der Waals surface area (Å²) in [6.45, 7) is 4.98. The Kier molecular flexibility index (Phi) is 8.11. The van der Waals surface area contributed by atoms with E-state index in [1.54, 1.807) is 0 Å². The summed E-state index contributed by atoms with van der Waals surface area (Å²) in [5, 5.41) is 14.3. The largest absolute Gasteiger partial charge is 0.387 e. The standard InChI is InChI=1S/C16H26ClNO/c1-3-5-9-13(8-4-2)18-12-16(19)14-10-6-7-11-15(14)17/h6-7,10-11,13,16,18-19H,3-5,8-9,12H2,1-2H3. The molecule has 0 bridgehead atoms. The highest BCUT2D eigenvalue weighted by Gasteiger charge is 2.13. The van der Waals surface area contributed by atoms with Crippen molar-refractivity contribution in [3.05, 3.63) is 34.9 Å². The van der Waals surface area contributed by atoms with Crippen LogP contribution in [0.15, 0.2) is 24.3 Å². The molecule has 1 aromatic rings. The van der Waals surface area contributed by atoms with Crippen molar-refractivity contribution in [2.24, 2.45) is 0 Å². The second-order valence-electron chi connectivity index (χ2n) is 5.07. The Morgan fingerprint density at radius 3 is 2.53 bits per heavy atom. The number of nitrogens with one attached hydrogen (secondary N) is 1. The van der Waals surface area contributed by atoms with E-state index in [0.717, 1.165) is 12.0 Å². The molecule has 0 amide bonds. The Balaban J connectivity index is 2.47. The van der Waals surface area contributed by atoms with E-state index < -0.39 is 6.10 Å². The molecule has 2 N–H and O–H groups in total. The first-order chi connectivity index (χ1) is 9.19. The van der Waals surface area contributed by atoms with Crippen molar-refractivity contribution >= 4 is 11.6 Å². The van der Waals surface area contributed by atoms with Gasteiger partial charge in [-0.1, -0.05) is 62.9 Å². The zero-order valence-electron chi connectivity index (χ0n) is 12.0. The lowest BCUT2D eigenvalue weighted by atomic mass is 10.0. The normalized spacial score (nSPS) is 14.3. The number of halogens is 1. The van der Waals surface area contributed by atoms with Gasteiger partial charge in [0.1, 0.15) is 0 Å². The lowest BCUT2D eigenvalue weighted by Crippen LogP contribution is -2.32. The smallest absolute Gasteiger partial charge is 0.0928 e. The molecule has 0 aromatic heterocycles. The molecule has 0 radical (unpaired) electrons. The summed E-state index contributed by atoms with van der Waals surface area (Å²) in [4.78, 5) is 0. The molecule has 0 aliphatic heterocycles. The number of aliphatic hydroxyl groups excluding tert-OH is 1. The van der Waals surface area contributed by atoms with E-state index in [-0.39, 0.29) is 0 Å². The molecule has 0 fully saturated rings. The maximum Gasteiger partial charge on any atom is 0.0928 e. The lowest BCUT2D eigenvalue weighted by molar-refractivity contribution is 0.167. The predicted molar refractivity (Wildman–Crippen MR) is 82.6 cm³/mol. The molecule has 2 atom stereocenters. The SMILES string of the molecule is CCCCC(CCC)NCC(O)c1ccccc1Cl. The van der Waals surface area contributed by atoms with E-state index >= 15 is 0 Å². The molecule has 1 rings (SSSR count). The zero-order valence-corrected chi connectivity index (χ0v) is 12.8. The Morgan fingerprint density at radius 2 is 1.89 bits per heavy atom. The molecule has 3 heteroatoms. The van der Waals surface area contributed by atoms with Gasteiger partial charge in [0.05, 0.1) is 6.10 Å². The van der Waals surface area contributed by atoms with Gasteiger partial charge in [0, 0.05) is 23.2 Å². The minimum absolute atomic E-state index is 0.502. The van der Waals surface area contributed by atoms with Crippen molar-refractivity contribution in [1.82, 2.24) is 5.32 Å². The van der Waals surface area contributed by atoms with Crippen molar-refractivity contribution < 1.29 is 5.11 Å². The van der Waals surface area contributed by atoms with Crippen molar-refractivity contribution in [3.8, 4) is 0 Å². The van der Waals surface area contributed by atoms with Gasteiger partial charge in [-0.05, 0) is 18.9 Å². The maximum absolute atomic E-state index is 10.2. The Labute approximate surface area is 122 Å². The second kappa shape index (κ2) is 9.35. The van der Waals surface area contributed by atoms with Crippen LogP contribution in [0.1, 0.15) is 57.6 Å². The van der Waals surface area contributed by atoms with Gasteiger partial charge in [-0.3, -0.25) is 0 Å². The molecule has 2 nitrogen and oxygen atoms in total. The molecule has 0 aliphatic carbocycles. The summed E-state index contributed by atoms with van der Waals surface area (Å²) >= 11 is 6.09.